The number of likely N-dealkylation sites (tertiary alicyclic amines) is 1. The molecule has 6 nitrogen and oxygen atoms in total. The van der Waals surface area contributed by atoms with Crippen LogP contribution in [0.25, 0.3) is 0 Å². The number of nitrogens with one attached hydrogen (secondary N) is 1. The first-order chi connectivity index (χ1) is 9.91. The largest absolute Gasteiger partial charge is 0.337 e. The van der Waals surface area contributed by atoms with Crippen LogP contribution in [0.4, 0.5) is 0 Å². The first-order valence-electron chi connectivity index (χ1n) is 6.83. The van der Waals surface area contributed by atoms with Crippen molar-refractivity contribution in [1.82, 2.24) is 14.6 Å². The van der Waals surface area contributed by atoms with E-state index >= 15 is 0 Å². The number of carbonyl (C=O) groups excluding carboxylic acids is 1. The van der Waals surface area contributed by atoms with Gasteiger partial charge in [0, 0.05) is 19.1 Å². The Balaban J connectivity index is 1.93. The van der Waals surface area contributed by atoms with Crippen LogP contribution in [0.3, 0.4) is 0 Å². The normalized spacial score (nSPS) is 17.0. The summed E-state index contributed by atoms with van der Waals surface area (Å²) in [5.41, 5.74) is 0.400. The zero-order valence-electron chi connectivity index (χ0n) is 11.8. The second-order valence-corrected chi connectivity index (χ2v) is 7.79. The predicted octanol–water partition coefficient (Wildman–Crippen LogP) is 1.39. The highest BCUT2D eigenvalue weighted by Crippen LogP contribution is 2.15. The topological polar surface area (TPSA) is 79.4 Å². The Labute approximate surface area is 133 Å². The molecule has 0 unspecified atom stereocenters. The maximum Gasteiger partial charge on any atom is 0.272 e. The third-order valence-corrected chi connectivity index (χ3v) is 5.34. The predicted molar refractivity (Wildman–Crippen MR) is 83.5 cm³/mol. The molecule has 1 saturated heterocycles. The number of rotatable bonds is 4. The van der Waals surface area contributed by atoms with E-state index in [1.165, 1.54) is 0 Å². The van der Waals surface area contributed by atoms with Crippen LogP contribution in [0.1, 0.15) is 30.3 Å². The Morgan fingerprint density at radius 3 is 2.67 bits per heavy atom. The molecule has 0 aromatic carbocycles. The molecule has 0 radical (unpaired) electrons. The van der Waals surface area contributed by atoms with E-state index in [-0.39, 0.29) is 17.7 Å². The Bertz CT molecular complexity index is 613. The summed E-state index contributed by atoms with van der Waals surface area (Å²) in [7, 11) is -3.19. The van der Waals surface area contributed by atoms with Gasteiger partial charge in [-0.05, 0) is 47.8 Å². The molecule has 2 heterocycles. The van der Waals surface area contributed by atoms with E-state index in [1.54, 1.807) is 30.0 Å². The van der Waals surface area contributed by atoms with Crippen molar-refractivity contribution >= 4 is 31.9 Å². The monoisotopic (exact) mass is 375 g/mol. The maximum atomic E-state index is 12.3. The highest BCUT2D eigenvalue weighted by atomic mass is 79.9. The zero-order valence-corrected chi connectivity index (χ0v) is 14.2. The van der Waals surface area contributed by atoms with Crippen LogP contribution in [0.2, 0.25) is 0 Å². The zero-order chi connectivity index (χ0) is 15.5. The highest BCUT2D eigenvalue weighted by Gasteiger charge is 2.26. The van der Waals surface area contributed by atoms with E-state index in [1.807, 2.05) is 0 Å². The van der Waals surface area contributed by atoms with Gasteiger partial charge in [-0.25, -0.2) is 18.1 Å². The number of nitrogens with zero attached hydrogens (tertiary/aromatic N) is 2. The van der Waals surface area contributed by atoms with Gasteiger partial charge in [-0.3, -0.25) is 4.79 Å². The Hall–Kier alpha value is -0.990. The molecule has 1 aromatic heterocycles. The van der Waals surface area contributed by atoms with Gasteiger partial charge in [0.15, 0.2) is 0 Å². The highest BCUT2D eigenvalue weighted by molar-refractivity contribution is 9.10. The summed E-state index contributed by atoms with van der Waals surface area (Å²) in [5, 5.41) is 0. The molecule has 1 N–H and O–H groups in total. The van der Waals surface area contributed by atoms with Gasteiger partial charge in [-0.2, -0.15) is 0 Å². The van der Waals surface area contributed by atoms with Crippen molar-refractivity contribution in [2.75, 3.05) is 18.8 Å². The van der Waals surface area contributed by atoms with Gasteiger partial charge in [0.2, 0.25) is 10.0 Å². The van der Waals surface area contributed by atoms with Gasteiger partial charge in [0.25, 0.3) is 5.91 Å². The summed E-state index contributed by atoms with van der Waals surface area (Å²) in [6.45, 7) is 2.67. The van der Waals surface area contributed by atoms with Gasteiger partial charge >= 0.3 is 0 Å². The third-order valence-electron chi connectivity index (χ3n) is 3.44. The van der Waals surface area contributed by atoms with Gasteiger partial charge in [-0.15, -0.1) is 0 Å². The number of hydrogen-bond donors (Lipinski definition) is 1. The molecule has 2 rings (SSSR count). The van der Waals surface area contributed by atoms with E-state index in [0.29, 0.717) is 36.2 Å². The number of carbonyl (C=O) groups is 1. The lowest BCUT2D eigenvalue weighted by molar-refractivity contribution is 0.0705. The van der Waals surface area contributed by atoms with Gasteiger partial charge in [0.1, 0.15) is 10.3 Å². The van der Waals surface area contributed by atoms with E-state index in [9.17, 15) is 13.2 Å². The smallest absolute Gasteiger partial charge is 0.272 e. The molecule has 1 amide bonds. The first kappa shape index (κ1) is 16.4. The fraction of sp³-hybridized carbons (Fsp3) is 0.538. The molecule has 0 spiro atoms. The maximum absolute atomic E-state index is 12.3. The standard InChI is InChI=1S/C13H18BrN3O3S/c1-2-21(19,20)16-10-6-8-17(9-7-10)13(18)11-4-3-5-12(14)15-11/h3-5,10,16H,2,6-9H2,1H3. The number of piperidine rings is 1. The Kier molecular flexibility index (Phi) is 5.34. The van der Waals surface area contributed by atoms with Crippen molar-refractivity contribution in [1.29, 1.82) is 0 Å². The third kappa shape index (κ3) is 4.49. The van der Waals surface area contributed by atoms with Crippen LogP contribution >= 0.6 is 15.9 Å². The van der Waals surface area contributed by atoms with Gasteiger partial charge < -0.3 is 4.90 Å². The van der Waals surface area contributed by atoms with E-state index in [0.717, 1.165) is 0 Å². The van der Waals surface area contributed by atoms with Gasteiger partial charge in [0.05, 0.1) is 5.75 Å². The molecule has 116 valence electrons. The van der Waals surface area contributed by atoms with Crippen molar-refractivity contribution in [3.63, 3.8) is 0 Å². The number of amides is 1. The molecule has 8 heteroatoms. The van der Waals surface area contributed by atoms with Crippen LogP contribution in [-0.4, -0.2) is 49.1 Å². The SMILES string of the molecule is CCS(=O)(=O)NC1CCN(C(=O)c2cccc(Br)n2)CC1. The molecule has 0 aliphatic carbocycles. The van der Waals surface area contributed by atoms with Crippen molar-refractivity contribution < 1.29 is 13.2 Å². The molecule has 1 aliphatic rings. The fourth-order valence-electron chi connectivity index (χ4n) is 2.23. The van der Waals surface area contributed by atoms with Crippen molar-refractivity contribution in [3.8, 4) is 0 Å². The van der Waals surface area contributed by atoms with Crippen LogP contribution < -0.4 is 4.72 Å². The second kappa shape index (κ2) is 6.85. The minimum absolute atomic E-state index is 0.0775. The van der Waals surface area contributed by atoms with Crippen molar-refractivity contribution in [2.45, 2.75) is 25.8 Å². The minimum Gasteiger partial charge on any atom is -0.337 e. The molecule has 1 aromatic rings. The number of hydrogen-bond acceptors (Lipinski definition) is 4. The second-order valence-electron chi connectivity index (χ2n) is 4.93. The molecular weight excluding hydrogens is 358 g/mol. The lowest BCUT2D eigenvalue weighted by Crippen LogP contribution is -2.47. The number of halogens is 1. The van der Waals surface area contributed by atoms with Crippen LogP contribution in [0, 0.1) is 0 Å². The van der Waals surface area contributed by atoms with Crippen LogP contribution in [-0.2, 0) is 10.0 Å². The van der Waals surface area contributed by atoms with E-state index < -0.39 is 10.0 Å². The molecule has 1 aliphatic heterocycles. The quantitative estimate of drug-likeness (QED) is 0.806. The Morgan fingerprint density at radius 2 is 2.10 bits per heavy atom. The molecule has 21 heavy (non-hydrogen) atoms. The van der Waals surface area contributed by atoms with Crippen LogP contribution in [0.15, 0.2) is 22.8 Å². The van der Waals surface area contributed by atoms with Crippen molar-refractivity contribution in [2.24, 2.45) is 0 Å². The van der Waals surface area contributed by atoms with Crippen molar-refractivity contribution in [3.05, 3.63) is 28.5 Å². The summed E-state index contributed by atoms with van der Waals surface area (Å²) in [6.07, 6.45) is 1.25. The fourth-order valence-corrected chi connectivity index (χ4v) is 3.48. The number of sulfonamides is 1. The number of pyridine rings is 1. The lowest BCUT2D eigenvalue weighted by Gasteiger charge is -2.32. The van der Waals surface area contributed by atoms with E-state index in [2.05, 4.69) is 25.6 Å². The molecule has 0 atom stereocenters. The average Bonchev–Trinajstić information content (AvgIpc) is 2.47. The Morgan fingerprint density at radius 1 is 1.43 bits per heavy atom. The first-order valence-corrected chi connectivity index (χ1v) is 9.27. The van der Waals surface area contributed by atoms with Gasteiger partial charge in [-0.1, -0.05) is 6.07 Å². The number of aromatic nitrogens is 1. The summed E-state index contributed by atoms with van der Waals surface area (Å²) in [5.74, 6) is -0.0400. The summed E-state index contributed by atoms with van der Waals surface area (Å²) in [4.78, 5) is 18.2. The van der Waals surface area contributed by atoms with Crippen LogP contribution in [0.5, 0.6) is 0 Å². The molecule has 0 bridgehead atoms. The summed E-state index contributed by atoms with van der Waals surface area (Å²) < 4.78 is 26.4. The minimum atomic E-state index is -3.19. The molecule has 0 saturated carbocycles. The average molecular weight is 376 g/mol. The lowest BCUT2D eigenvalue weighted by atomic mass is 10.1. The molecule has 1 fully saturated rings. The summed E-state index contributed by atoms with van der Waals surface area (Å²) >= 11 is 3.25. The van der Waals surface area contributed by atoms with E-state index in [4.69, 9.17) is 0 Å². The summed E-state index contributed by atoms with van der Waals surface area (Å²) in [6, 6.07) is 5.13. The molecular formula is C13H18BrN3O3S.